The van der Waals surface area contributed by atoms with Crippen LogP contribution in [0.15, 0.2) is 30.1 Å². The number of hydrogen-bond acceptors (Lipinski definition) is 5. The van der Waals surface area contributed by atoms with Gasteiger partial charge in [-0.2, -0.15) is 0 Å². The number of ether oxygens (including phenoxy) is 2. The molecule has 0 saturated heterocycles. The second-order valence-electron chi connectivity index (χ2n) is 8.06. The first-order valence-electron chi connectivity index (χ1n) is 9.34. The summed E-state index contributed by atoms with van der Waals surface area (Å²) < 4.78 is 23.9. The first-order valence-corrected chi connectivity index (χ1v) is 9.34. The van der Waals surface area contributed by atoms with Crippen LogP contribution in [-0.4, -0.2) is 40.9 Å². The van der Waals surface area contributed by atoms with E-state index >= 15 is 0 Å². The van der Waals surface area contributed by atoms with E-state index in [9.17, 15) is 18.8 Å². The number of carbonyl (C=O) groups excluding carboxylic acids is 3. The molecule has 7 heteroatoms. The van der Waals surface area contributed by atoms with Gasteiger partial charge in [0.15, 0.2) is 0 Å². The van der Waals surface area contributed by atoms with Crippen molar-refractivity contribution in [2.24, 2.45) is 0 Å². The third kappa shape index (κ3) is 4.58. The Morgan fingerprint density at radius 3 is 2.46 bits per heavy atom. The maximum atomic E-state index is 13.1. The van der Waals surface area contributed by atoms with Crippen molar-refractivity contribution in [3.8, 4) is 5.75 Å². The summed E-state index contributed by atoms with van der Waals surface area (Å²) in [5.41, 5.74) is 0.397. The highest BCUT2D eigenvalue weighted by Gasteiger charge is 2.44. The van der Waals surface area contributed by atoms with E-state index in [0.717, 1.165) is 12.8 Å². The topological polar surface area (TPSA) is 72.9 Å². The van der Waals surface area contributed by atoms with Crippen LogP contribution in [0.2, 0.25) is 0 Å². The molecule has 0 atom stereocenters. The monoisotopic (exact) mass is 389 g/mol. The Hall–Kier alpha value is -2.70. The van der Waals surface area contributed by atoms with Gasteiger partial charge in [0.05, 0.1) is 17.5 Å². The van der Waals surface area contributed by atoms with E-state index in [0.29, 0.717) is 28.8 Å². The van der Waals surface area contributed by atoms with Crippen LogP contribution in [0.5, 0.6) is 5.75 Å². The molecule has 1 aliphatic heterocycles. The highest BCUT2D eigenvalue weighted by atomic mass is 19.1. The molecule has 1 saturated carbocycles. The maximum Gasteiger partial charge on any atom is 0.306 e. The van der Waals surface area contributed by atoms with Gasteiger partial charge in [0.1, 0.15) is 18.0 Å². The fourth-order valence-corrected chi connectivity index (χ4v) is 2.98. The molecule has 1 aromatic rings. The van der Waals surface area contributed by atoms with E-state index in [4.69, 9.17) is 9.47 Å². The van der Waals surface area contributed by atoms with Crippen molar-refractivity contribution in [1.82, 2.24) is 4.90 Å². The summed E-state index contributed by atoms with van der Waals surface area (Å²) in [5.74, 6) is -0.613. The molecule has 0 unspecified atom stereocenters. The first-order chi connectivity index (χ1) is 13.2. The molecule has 150 valence electrons. The number of nitrogens with zero attached hydrogens (tertiary/aromatic N) is 1. The highest BCUT2D eigenvalue weighted by molar-refractivity contribution is 6.21. The van der Waals surface area contributed by atoms with Gasteiger partial charge < -0.3 is 9.47 Å². The quantitative estimate of drug-likeness (QED) is 0.524. The lowest BCUT2D eigenvalue weighted by Crippen LogP contribution is -2.31. The normalized spacial score (nSPS) is 17.0. The minimum atomic E-state index is -0.587. The van der Waals surface area contributed by atoms with E-state index in [1.165, 1.54) is 11.0 Å². The van der Waals surface area contributed by atoms with Crippen molar-refractivity contribution in [3.05, 3.63) is 41.2 Å². The number of imide groups is 1. The molecular weight excluding hydrogens is 365 g/mol. The van der Waals surface area contributed by atoms with E-state index < -0.39 is 11.6 Å². The lowest BCUT2D eigenvalue weighted by Gasteiger charge is -2.19. The number of amides is 2. The number of hydrogen-bond donors (Lipinski definition) is 0. The van der Waals surface area contributed by atoms with Gasteiger partial charge in [-0.05, 0) is 63.8 Å². The number of carbonyl (C=O) groups is 3. The molecule has 2 amide bonds. The molecule has 3 rings (SSSR count). The SMILES string of the molecule is CC(C)(C)OC(=O)CC/C(=C\F)COc1ccc2c(c1)C(=O)N(C1CC1)C2=O. The summed E-state index contributed by atoms with van der Waals surface area (Å²) in [5, 5.41) is 0. The van der Waals surface area contributed by atoms with Crippen LogP contribution >= 0.6 is 0 Å². The zero-order valence-corrected chi connectivity index (χ0v) is 16.3. The van der Waals surface area contributed by atoms with Crippen LogP contribution in [0.1, 0.15) is 67.2 Å². The predicted molar refractivity (Wildman–Crippen MR) is 99.7 cm³/mol. The Kier molecular flexibility index (Phi) is 5.54. The van der Waals surface area contributed by atoms with Gasteiger partial charge in [0.2, 0.25) is 0 Å². The molecule has 1 heterocycles. The molecular formula is C21H24FNO5. The van der Waals surface area contributed by atoms with Gasteiger partial charge in [0, 0.05) is 12.5 Å². The van der Waals surface area contributed by atoms with Gasteiger partial charge >= 0.3 is 5.97 Å². The average molecular weight is 389 g/mol. The first kappa shape index (κ1) is 20.0. The minimum absolute atomic E-state index is 0.00527. The Labute approximate surface area is 163 Å². The van der Waals surface area contributed by atoms with Gasteiger partial charge in [-0.3, -0.25) is 19.3 Å². The fraction of sp³-hybridized carbons (Fsp3) is 0.476. The number of fused-ring (bicyclic) bond motifs is 1. The van der Waals surface area contributed by atoms with Crippen molar-refractivity contribution in [1.29, 1.82) is 0 Å². The van der Waals surface area contributed by atoms with Gasteiger partial charge in [-0.15, -0.1) is 0 Å². The number of rotatable bonds is 7. The van der Waals surface area contributed by atoms with E-state index in [1.807, 2.05) is 0 Å². The molecule has 0 N–H and O–H groups in total. The third-order valence-corrected chi connectivity index (χ3v) is 4.45. The Morgan fingerprint density at radius 1 is 1.18 bits per heavy atom. The number of benzene rings is 1. The van der Waals surface area contributed by atoms with Gasteiger partial charge in [-0.25, -0.2) is 4.39 Å². The molecule has 0 bridgehead atoms. The molecule has 0 spiro atoms. The molecule has 2 aliphatic rings. The van der Waals surface area contributed by atoms with Crippen molar-refractivity contribution in [3.63, 3.8) is 0 Å². The molecule has 28 heavy (non-hydrogen) atoms. The summed E-state index contributed by atoms with van der Waals surface area (Å²) in [6.07, 6.45) is 2.32. The molecule has 1 aromatic carbocycles. The zero-order valence-electron chi connectivity index (χ0n) is 16.3. The van der Waals surface area contributed by atoms with Crippen LogP contribution in [0.3, 0.4) is 0 Å². The maximum absolute atomic E-state index is 13.1. The fourth-order valence-electron chi connectivity index (χ4n) is 2.98. The molecule has 0 radical (unpaired) electrons. The second kappa shape index (κ2) is 7.73. The van der Waals surface area contributed by atoms with Gasteiger partial charge in [-0.1, -0.05) is 0 Å². The van der Waals surface area contributed by atoms with Crippen molar-refractivity contribution < 1.29 is 28.2 Å². The van der Waals surface area contributed by atoms with E-state index in [-0.39, 0.29) is 37.3 Å². The summed E-state index contributed by atoms with van der Waals surface area (Å²) in [4.78, 5) is 37.8. The summed E-state index contributed by atoms with van der Waals surface area (Å²) in [6.45, 7) is 5.24. The Bertz CT molecular complexity index is 836. The van der Waals surface area contributed by atoms with Crippen LogP contribution in [0.25, 0.3) is 0 Å². The number of halogens is 1. The highest BCUT2D eigenvalue weighted by Crippen LogP contribution is 2.35. The van der Waals surface area contributed by atoms with E-state index in [2.05, 4.69) is 0 Å². The third-order valence-electron chi connectivity index (χ3n) is 4.45. The summed E-state index contributed by atoms with van der Waals surface area (Å²) >= 11 is 0. The molecule has 0 aromatic heterocycles. The molecule has 1 fully saturated rings. The van der Waals surface area contributed by atoms with Crippen LogP contribution < -0.4 is 4.74 Å². The smallest absolute Gasteiger partial charge is 0.306 e. The average Bonchev–Trinajstić information content (AvgIpc) is 3.41. The lowest BCUT2D eigenvalue weighted by molar-refractivity contribution is -0.154. The Morgan fingerprint density at radius 2 is 1.86 bits per heavy atom. The van der Waals surface area contributed by atoms with Crippen molar-refractivity contribution in [2.75, 3.05) is 6.61 Å². The summed E-state index contributed by atoms with van der Waals surface area (Å²) in [7, 11) is 0. The largest absolute Gasteiger partial charge is 0.489 e. The van der Waals surface area contributed by atoms with Crippen LogP contribution in [-0.2, 0) is 9.53 Å². The van der Waals surface area contributed by atoms with Crippen LogP contribution in [0, 0.1) is 0 Å². The van der Waals surface area contributed by atoms with Crippen LogP contribution in [0.4, 0.5) is 4.39 Å². The van der Waals surface area contributed by atoms with Gasteiger partial charge in [0.25, 0.3) is 11.8 Å². The zero-order chi connectivity index (χ0) is 20.5. The van der Waals surface area contributed by atoms with Crippen molar-refractivity contribution in [2.45, 2.75) is 58.1 Å². The number of esters is 1. The second-order valence-corrected chi connectivity index (χ2v) is 8.06. The molecule has 1 aliphatic carbocycles. The minimum Gasteiger partial charge on any atom is -0.489 e. The summed E-state index contributed by atoms with van der Waals surface area (Å²) in [6, 6.07) is 4.67. The Balaban J connectivity index is 1.57. The van der Waals surface area contributed by atoms with E-state index in [1.54, 1.807) is 32.9 Å². The van der Waals surface area contributed by atoms with Crippen molar-refractivity contribution >= 4 is 17.8 Å². The lowest BCUT2D eigenvalue weighted by atomic mass is 10.1. The predicted octanol–water partition coefficient (Wildman–Crippen LogP) is 3.80. The standard InChI is InChI=1S/C21H24FNO5/c1-21(2,3)28-18(24)9-4-13(11-22)12-27-15-7-8-16-17(10-15)20(26)23(19(16)25)14-5-6-14/h7-8,10-11,14H,4-6,9,12H2,1-3H3/b13-11+. The molecule has 6 nitrogen and oxygen atoms in total.